The summed E-state index contributed by atoms with van der Waals surface area (Å²) in [5.41, 5.74) is 0.668. The molecule has 26 heavy (non-hydrogen) atoms. The van der Waals surface area contributed by atoms with Gasteiger partial charge in [-0.05, 0) is 55.8 Å². The van der Waals surface area contributed by atoms with Crippen LogP contribution >= 0.6 is 0 Å². The van der Waals surface area contributed by atoms with Crippen molar-refractivity contribution in [2.24, 2.45) is 0 Å². The molecule has 0 amide bonds. The molecule has 0 saturated heterocycles. The molecule has 0 aliphatic heterocycles. The summed E-state index contributed by atoms with van der Waals surface area (Å²) in [6.45, 7) is 8.13. The minimum Gasteiger partial charge on any atom is -0.497 e. The summed E-state index contributed by atoms with van der Waals surface area (Å²) in [5, 5.41) is 0. The van der Waals surface area contributed by atoms with Gasteiger partial charge in [-0.25, -0.2) is 13.1 Å². The average molecular weight is 378 g/mol. The van der Waals surface area contributed by atoms with Crippen molar-refractivity contribution in [3.05, 3.63) is 54.1 Å². The van der Waals surface area contributed by atoms with Crippen molar-refractivity contribution in [1.82, 2.24) is 4.72 Å². The van der Waals surface area contributed by atoms with Gasteiger partial charge in [-0.15, -0.1) is 0 Å². The molecule has 0 unspecified atom stereocenters. The molecule has 0 heterocycles. The van der Waals surface area contributed by atoms with Crippen LogP contribution in [0, 0.1) is 0 Å². The van der Waals surface area contributed by atoms with Gasteiger partial charge in [0.15, 0.2) is 0 Å². The van der Waals surface area contributed by atoms with Crippen LogP contribution < -0.4 is 14.2 Å². The quantitative estimate of drug-likeness (QED) is 0.761. The third-order valence-electron chi connectivity index (χ3n) is 4.08. The van der Waals surface area contributed by atoms with E-state index in [0.717, 1.165) is 11.3 Å². The molecule has 0 aliphatic rings. The Balaban J connectivity index is 2.08. The zero-order valence-electron chi connectivity index (χ0n) is 15.9. The van der Waals surface area contributed by atoms with Crippen molar-refractivity contribution < 1.29 is 17.9 Å². The van der Waals surface area contributed by atoms with Gasteiger partial charge < -0.3 is 9.47 Å². The van der Waals surface area contributed by atoms with Crippen LogP contribution in [0.2, 0.25) is 0 Å². The van der Waals surface area contributed by atoms with Crippen LogP contribution in [-0.4, -0.2) is 28.2 Å². The predicted molar refractivity (Wildman–Crippen MR) is 103 cm³/mol. The van der Waals surface area contributed by atoms with E-state index in [1.807, 2.05) is 52.0 Å². The first kappa shape index (κ1) is 20.3. The van der Waals surface area contributed by atoms with Gasteiger partial charge in [-0.2, -0.15) is 0 Å². The number of sulfonamides is 1. The topological polar surface area (TPSA) is 64.6 Å². The van der Waals surface area contributed by atoms with E-state index >= 15 is 0 Å². The monoisotopic (exact) mass is 377 g/mol. The van der Waals surface area contributed by atoms with Gasteiger partial charge in [0.25, 0.3) is 0 Å². The first-order valence-corrected chi connectivity index (χ1v) is 10.0. The molecule has 0 saturated carbocycles. The van der Waals surface area contributed by atoms with Crippen LogP contribution in [0.5, 0.6) is 11.5 Å². The van der Waals surface area contributed by atoms with Gasteiger partial charge in [0.2, 0.25) is 10.0 Å². The molecule has 142 valence electrons. The molecule has 0 radical (unpaired) electrons. The van der Waals surface area contributed by atoms with E-state index in [1.54, 1.807) is 31.4 Å². The fourth-order valence-electron chi connectivity index (χ4n) is 2.47. The number of hydrogen-bond donors (Lipinski definition) is 1. The maximum atomic E-state index is 12.6. The number of rotatable bonds is 8. The van der Waals surface area contributed by atoms with Crippen LogP contribution in [0.15, 0.2) is 53.4 Å². The van der Waals surface area contributed by atoms with Crippen molar-refractivity contribution in [2.45, 2.75) is 44.1 Å². The van der Waals surface area contributed by atoms with Crippen LogP contribution in [0.3, 0.4) is 0 Å². The predicted octanol–water partition coefficient (Wildman–Crippen LogP) is 3.74. The molecular weight excluding hydrogens is 350 g/mol. The molecule has 6 heteroatoms. The Labute approximate surface area is 156 Å². The normalized spacial score (nSPS) is 12.2. The summed E-state index contributed by atoms with van der Waals surface area (Å²) in [4.78, 5) is 0.221. The van der Waals surface area contributed by atoms with Crippen molar-refractivity contribution in [1.29, 1.82) is 0 Å². The summed E-state index contributed by atoms with van der Waals surface area (Å²) in [6.07, 6.45) is 0.0425. The van der Waals surface area contributed by atoms with E-state index in [2.05, 4.69) is 4.72 Å². The van der Waals surface area contributed by atoms with E-state index in [9.17, 15) is 8.42 Å². The van der Waals surface area contributed by atoms with Crippen molar-refractivity contribution in [2.75, 3.05) is 13.7 Å². The number of ether oxygens (including phenoxy) is 2. The highest BCUT2D eigenvalue weighted by molar-refractivity contribution is 7.89. The lowest BCUT2D eigenvalue weighted by Crippen LogP contribution is -2.36. The first-order chi connectivity index (χ1) is 12.1. The van der Waals surface area contributed by atoms with Crippen LogP contribution in [-0.2, 0) is 15.4 Å². The van der Waals surface area contributed by atoms with Gasteiger partial charge in [-0.3, -0.25) is 0 Å². The van der Waals surface area contributed by atoms with E-state index in [-0.39, 0.29) is 23.0 Å². The van der Waals surface area contributed by atoms with Gasteiger partial charge >= 0.3 is 0 Å². The Bertz CT molecular complexity index is 810. The summed E-state index contributed by atoms with van der Waals surface area (Å²) in [5.74, 6) is 1.42. The molecule has 0 bridgehead atoms. The summed E-state index contributed by atoms with van der Waals surface area (Å²) >= 11 is 0. The standard InChI is InChI=1S/C20H27NO4S/c1-15(2)25-18-10-12-19(13-11-18)26(22,23)21-14-20(3,4)16-6-8-17(24-5)9-7-16/h6-13,15,21H,14H2,1-5H3. The number of hydrogen-bond acceptors (Lipinski definition) is 4. The highest BCUT2D eigenvalue weighted by Gasteiger charge is 2.24. The molecule has 2 aromatic rings. The number of methoxy groups -OCH3 is 1. The van der Waals surface area contributed by atoms with Gasteiger partial charge in [-0.1, -0.05) is 26.0 Å². The minimum atomic E-state index is -3.59. The second kappa shape index (κ2) is 8.10. The molecule has 0 fully saturated rings. The smallest absolute Gasteiger partial charge is 0.240 e. The van der Waals surface area contributed by atoms with Gasteiger partial charge in [0, 0.05) is 12.0 Å². The molecule has 5 nitrogen and oxygen atoms in total. The van der Waals surface area contributed by atoms with Crippen molar-refractivity contribution in [3.63, 3.8) is 0 Å². The first-order valence-electron chi connectivity index (χ1n) is 8.55. The lowest BCUT2D eigenvalue weighted by Gasteiger charge is -2.26. The minimum absolute atomic E-state index is 0.0425. The molecule has 0 atom stereocenters. The van der Waals surface area contributed by atoms with Gasteiger partial charge in [0.1, 0.15) is 11.5 Å². The fraction of sp³-hybridized carbons (Fsp3) is 0.400. The van der Waals surface area contributed by atoms with Crippen LogP contribution in [0.1, 0.15) is 33.3 Å². The number of nitrogens with one attached hydrogen (secondary N) is 1. The summed E-state index contributed by atoms with van der Waals surface area (Å²) in [6, 6.07) is 14.1. The average Bonchev–Trinajstić information content (AvgIpc) is 2.60. The second-order valence-corrected chi connectivity index (χ2v) is 8.84. The van der Waals surface area contributed by atoms with Gasteiger partial charge in [0.05, 0.1) is 18.1 Å². The van der Waals surface area contributed by atoms with Crippen molar-refractivity contribution >= 4 is 10.0 Å². The maximum absolute atomic E-state index is 12.6. The Morgan fingerprint density at radius 3 is 2.00 bits per heavy atom. The Hall–Kier alpha value is -2.05. The van der Waals surface area contributed by atoms with E-state index < -0.39 is 10.0 Å². The fourth-order valence-corrected chi connectivity index (χ4v) is 3.68. The van der Waals surface area contributed by atoms with Crippen LogP contribution in [0.25, 0.3) is 0 Å². The zero-order chi connectivity index (χ0) is 19.4. The Kier molecular flexibility index (Phi) is 6.31. The molecule has 2 rings (SSSR count). The highest BCUT2D eigenvalue weighted by Crippen LogP contribution is 2.25. The summed E-state index contributed by atoms with van der Waals surface area (Å²) < 4.78 is 38.6. The third kappa shape index (κ3) is 5.22. The summed E-state index contributed by atoms with van der Waals surface area (Å²) in [7, 11) is -1.97. The Morgan fingerprint density at radius 1 is 0.962 bits per heavy atom. The zero-order valence-corrected chi connectivity index (χ0v) is 16.8. The van der Waals surface area contributed by atoms with Crippen molar-refractivity contribution in [3.8, 4) is 11.5 Å². The molecule has 1 N–H and O–H groups in total. The number of benzene rings is 2. The third-order valence-corrected chi connectivity index (χ3v) is 5.50. The second-order valence-electron chi connectivity index (χ2n) is 7.07. The maximum Gasteiger partial charge on any atom is 0.240 e. The molecule has 0 aliphatic carbocycles. The van der Waals surface area contributed by atoms with E-state index in [1.165, 1.54) is 0 Å². The molecule has 0 spiro atoms. The molecule has 2 aromatic carbocycles. The lowest BCUT2D eigenvalue weighted by atomic mass is 9.85. The van der Waals surface area contributed by atoms with E-state index in [4.69, 9.17) is 9.47 Å². The Morgan fingerprint density at radius 2 is 1.50 bits per heavy atom. The van der Waals surface area contributed by atoms with E-state index in [0.29, 0.717) is 5.75 Å². The van der Waals surface area contributed by atoms with Crippen LogP contribution in [0.4, 0.5) is 0 Å². The molecule has 0 aromatic heterocycles. The largest absolute Gasteiger partial charge is 0.497 e. The molecular formula is C20H27NO4S. The lowest BCUT2D eigenvalue weighted by molar-refractivity contribution is 0.242. The highest BCUT2D eigenvalue weighted by atomic mass is 32.2. The SMILES string of the molecule is COc1ccc(C(C)(C)CNS(=O)(=O)c2ccc(OC(C)C)cc2)cc1.